The number of halogens is 1. The fourth-order valence-electron chi connectivity index (χ4n) is 5.29. The number of urea groups is 1. The Morgan fingerprint density at radius 1 is 1.00 bits per heavy atom. The first kappa shape index (κ1) is 23.7. The van der Waals surface area contributed by atoms with Gasteiger partial charge >= 0.3 is 6.03 Å². The molecule has 6 nitrogen and oxygen atoms in total. The van der Waals surface area contributed by atoms with Crippen LogP contribution in [0.4, 0.5) is 14.9 Å². The number of carbonyl (C=O) groups is 1. The van der Waals surface area contributed by atoms with Gasteiger partial charge in [0.15, 0.2) is 0 Å². The number of nitrogens with one attached hydrogen (secondary N) is 1. The third-order valence-electron chi connectivity index (χ3n) is 7.00. The summed E-state index contributed by atoms with van der Waals surface area (Å²) in [6.07, 6.45) is 2.69. The van der Waals surface area contributed by atoms with Gasteiger partial charge in [0.25, 0.3) is 0 Å². The average molecular weight is 506 g/mol. The highest BCUT2D eigenvalue weighted by Gasteiger charge is 2.36. The van der Waals surface area contributed by atoms with Crippen molar-refractivity contribution >= 4 is 11.7 Å². The van der Waals surface area contributed by atoms with E-state index in [4.69, 9.17) is 5.10 Å². The Hall–Kier alpha value is -4.65. The predicted octanol–water partition coefficient (Wildman–Crippen LogP) is 6.81. The molecule has 3 heterocycles. The molecule has 1 atom stereocenters. The van der Waals surface area contributed by atoms with E-state index in [0.29, 0.717) is 24.2 Å². The van der Waals surface area contributed by atoms with Crippen LogP contribution in [0.15, 0.2) is 97.2 Å². The highest BCUT2D eigenvalue weighted by Crippen LogP contribution is 2.39. The summed E-state index contributed by atoms with van der Waals surface area (Å²) >= 11 is 0. The van der Waals surface area contributed by atoms with E-state index in [0.717, 1.165) is 34.0 Å². The number of hydrogen-bond acceptors (Lipinski definition) is 2. The molecule has 7 heteroatoms. The first-order valence-electron chi connectivity index (χ1n) is 12.8. The zero-order chi connectivity index (χ0) is 26.2. The van der Waals surface area contributed by atoms with E-state index >= 15 is 0 Å². The van der Waals surface area contributed by atoms with E-state index in [-0.39, 0.29) is 11.8 Å². The molecule has 38 heavy (non-hydrogen) atoms. The van der Waals surface area contributed by atoms with Crippen LogP contribution in [-0.2, 0) is 13.0 Å². The lowest BCUT2D eigenvalue weighted by atomic mass is 10.0. The Bertz CT molecular complexity index is 1620. The lowest BCUT2D eigenvalue weighted by Gasteiger charge is -2.31. The van der Waals surface area contributed by atoms with E-state index in [1.807, 2.05) is 90.6 Å². The number of aromatic nitrogens is 3. The van der Waals surface area contributed by atoms with Crippen molar-refractivity contribution in [2.24, 2.45) is 0 Å². The molecule has 5 aromatic rings. The molecule has 0 spiro atoms. The van der Waals surface area contributed by atoms with Crippen LogP contribution >= 0.6 is 0 Å². The van der Waals surface area contributed by atoms with Crippen LogP contribution in [0.1, 0.15) is 41.0 Å². The molecule has 6 rings (SSSR count). The number of anilines is 1. The lowest BCUT2D eigenvalue weighted by molar-refractivity contribution is 0.194. The number of amides is 2. The van der Waals surface area contributed by atoms with E-state index < -0.39 is 6.04 Å². The third kappa shape index (κ3) is 4.16. The van der Waals surface area contributed by atoms with Crippen LogP contribution in [0.5, 0.6) is 0 Å². The fourth-order valence-corrected chi connectivity index (χ4v) is 5.29. The molecular weight excluding hydrogens is 477 g/mol. The second-order valence-corrected chi connectivity index (χ2v) is 9.54. The van der Waals surface area contributed by atoms with Crippen molar-refractivity contribution in [2.45, 2.75) is 32.9 Å². The summed E-state index contributed by atoms with van der Waals surface area (Å²) < 4.78 is 18.5. The Kier molecular flexibility index (Phi) is 6.04. The summed E-state index contributed by atoms with van der Waals surface area (Å²) in [4.78, 5) is 15.8. The quantitative estimate of drug-likeness (QED) is 0.292. The van der Waals surface area contributed by atoms with Crippen LogP contribution in [0.3, 0.4) is 0 Å². The van der Waals surface area contributed by atoms with Crippen LogP contribution in [0.2, 0.25) is 0 Å². The van der Waals surface area contributed by atoms with Gasteiger partial charge < -0.3 is 14.8 Å². The smallest absolute Gasteiger partial charge is 0.308 e. The molecule has 1 unspecified atom stereocenters. The normalized spacial score (nSPS) is 14.5. The van der Waals surface area contributed by atoms with Gasteiger partial charge in [0.1, 0.15) is 11.6 Å². The molecule has 3 aromatic carbocycles. The first-order valence-corrected chi connectivity index (χ1v) is 12.8. The zero-order valence-corrected chi connectivity index (χ0v) is 21.3. The topological polar surface area (TPSA) is 55.1 Å². The number of nitrogens with zero attached hydrogens (tertiary/aromatic N) is 4. The molecule has 0 fully saturated rings. The van der Waals surface area contributed by atoms with Gasteiger partial charge in [-0.05, 0) is 73.0 Å². The number of rotatable bonds is 4. The van der Waals surface area contributed by atoms with Crippen LogP contribution < -0.4 is 5.32 Å². The summed E-state index contributed by atoms with van der Waals surface area (Å²) in [5.41, 5.74) is 6.13. The maximum Gasteiger partial charge on any atom is 0.322 e. The maximum atomic E-state index is 14.5. The van der Waals surface area contributed by atoms with Gasteiger partial charge in [-0.3, -0.25) is 0 Å². The minimum atomic E-state index is -0.521. The minimum Gasteiger partial charge on any atom is -0.308 e. The van der Waals surface area contributed by atoms with Gasteiger partial charge in [-0.25, -0.2) is 13.9 Å². The van der Waals surface area contributed by atoms with Crippen molar-refractivity contribution in [1.82, 2.24) is 19.2 Å². The van der Waals surface area contributed by atoms with E-state index in [1.54, 1.807) is 11.0 Å². The molecule has 2 aromatic heterocycles. The number of aryl methyl sites for hydroxylation is 2. The summed E-state index contributed by atoms with van der Waals surface area (Å²) in [5, 5.41) is 8.06. The molecular formula is C31H28FN5O. The van der Waals surface area contributed by atoms with Gasteiger partial charge in [-0.2, -0.15) is 5.10 Å². The van der Waals surface area contributed by atoms with Crippen LogP contribution in [-0.4, -0.2) is 25.3 Å². The third-order valence-corrected chi connectivity index (χ3v) is 7.00. The van der Waals surface area contributed by atoms with E-state index in [2.05, 4.69) is 16.8 Å². The Balaban J connectivity index is 1.56. The van der Waals surface area contributed by atoms with Gasteiger partial charge in [0, 0.05) is 17.4 Å². The van der Waals surface area contributed by atoms with Gasteiger partial charge in [0.05, 0.1) is 29.7 Å². The van der Waals surface area contributed by atoms with Crippen molar-refractivity contribution in [1.29, 1.82) is 0 Å². The SMILES string of the molecule is CCc1nn(-c2ccccc2)c2c1CN(C(=O)Nc1cccc(C)c1)C(c1cccc(F)c1)c1cccn1-2. The van der Waals surface area contributed by atoms with Crippen molar-refractivity contribution in [2.75, 3.05) is 5.32 Å². The van der Waals surface area contributed by atoms with E-state index in [9.17, 15) is 9.18 Å². The Morgan fingerprint density at radius 2 is 1.82 bits per heavy atom. The van der Waals surface area contributed by atoms with Crippen molar-refractivity contribution in [3.8, 4) is 11.5 Å². The van der Waals surface area contributed by atoms with Gasteiger partial charge in [0.2, 0.25) is 0 Å². The highest BCUT2D eigenvalue weighted by atomic mass is 19.1. The van der Waals surface area contributed by atoms with Crippen molar-refractivity contribution in [3.63, 3.8) is 0 Å². The van der Waals surface area contributed by atoms with Crippen LogP contribution in [0.25, 0.3) is 11.5 Å². The molecule has 1 aliphatic heterocycles. The number of benzene rings is 3. The van der Waals surface area contributed by atoms with Crippen molar-refractivity contribution < 1.29 is 9.18 Å². The summed E-state index contributed by atoms with van der Waals surface area (Å²) in [5.74, 6) is 0.548. The highest BCUT2D eigenvalue weighted by molar-refractivity contribution is 5.90. The molecule has 2 amide bonds. The first-order chi connectivity index (χ1) is 18.5. The largest absolute Gasteiger partial charge is 0.322 e. The molecule has 1 N–H and O–H groups in total. The summed E-state index contributed by atoms with van der Waals surface area (Å²) in [6, 6.07) is 27.4. The zero-order valence-electron chi connectivity index (χ0n) is 21.3. The Labute approximate surface area is 221 Å². The molecule has 0 bridgehead atoms. The molecule has 190 valence electrons. The lowest BCUT2D eigenvalue weighted by Crippen LogP contribution is -2.38. The fraction of sp³-hybridized carbons (Fsp3) is 0.161. The predicted molar refractivity (Wildman–Crippen MR) is 146 cm³/mol. The van der Waals surface area contributed by atoms with Crippen LogP contribution in [0, 0.1) is 12.7 Å². The van der Waals surface area contributed by atoms with Crippen molar-refractivity contribution in [3.05, 3.63) is 131 Å². The number of carbonyl (C=O) groups excluding carboxylic acids is 1. The molecule has 0 radical (unpaired) electrons. The second kappa shape index (κ2) is 9.67. The number of hydrogen-bond donors (Lipinski definition) is 1. The molecule has 0 saturated heterocycles. The number of fused-ring (bicyclic) bond motifs is 3. The molecule has 0 saturated carbocycles. The van der Waals surface area contributed by atoms with Gasteiger partial charge in [-0.1, -0.05) is 49.4 Å². The van der Waals surface area contributed by atoms with Gasteiger partial charge in [-0.15, -0.1) is 0 Å². The van der Waals surface area contributed by atoms with E-state index in [1.165, 1.54) is 12.1 Å². The Morgan fingerprint density at radius 3 is 2.58 bits per heavy atom. The second-order valence-electron chi connectivity index (χ2n) is 9.54. The monoisotopic (exact) mass is 505 g/mol. The maximum absolute atomic E-state index is 14.5. The summed E-state index contributed by atoms with van der Waals surface area (Å²) in [6.45, 7) is 4.37. The number of para-hydroxylation sites is 1. The molecule has 1 aliphatic rings. The average Bonchev–Trinajstić information content (AvgIpc) is 3.50. The standard InChI is InChI=1S/C31H28FN5O/c1-3-27-26-20-36(31(38)33-24-13-7-10-21(2)18-24)29(22-11-8-12-23(32)19-22)28-16-9-17-35(28)30(26)37(34-27)25-14-5-4-6-15-25/h4-19,29H,3,20H2,1-2H3,(H,33,38). The minimum absolute atomic E-state index is 0.264. The summed E-state index contributed by atoms with van der Waals surface area (Å²) in [7, 11) is 0. The molecule has 0 aliphatic carbocycles.